The van der Waals surface area contributed by atoms with Crippen LogP contribution in [0, 0.1) is 0 Å². The van der Waals surface area contributed by atoms with Crippen LogP contribution >= 0.6 is 11.5 Å². The number of aromatic nitrogens is 2. The van der Waals surface area contributed by atoms with Gasteiger partial charge < -0.3 is 9.80 Å². The number of nitrogens with zero attached hydrogens (tertiary/aromatic N) is 4. The van der Waals surface area contributed by atoms with Crippen molar-refractivity contribution in [1.82, 2.24) is 14.3 Å². The maximum atomic E-state index is 12.6. The lowest BCUT2D eigenvalue weighted by molar-refractivity contribution is -0.131. The highest BCUT2D eigenvalue weighted by Gasteiger charge is 2.21. The summed E-state index contributed by atoms with van der Waals surface area (Å²) in [6.07, 6.45) is 9.83. The largest absolute Gasteiger partial charge is 0.345 e. The number of carbonyl (C=O) groups is 1. The van der Waals surface area contributed by atoms with Gasteiger partial charge in [-0.1, -0.05) is 69.4 Å². The molecule has 2 aromatic rings. The number of hydrogen-bond acceptors (Lipinski definition) is 5. The molecule has 6 heteroatoms. The van der Waals surface area contributed by atoms with E-state index in [2.05, 4.69) is 33.2 Å². The van der Waals surface area contributed by atoms with Crippen molar-refractivity contribution in [2.45, 2.75) is 64.7 Å². The summed E-state index contributed by atoms with van der Waals surface area (Å²) in [5.41, 5.74) is 1.24. The SMILES string of the molecule is CCCCCCCCC(=O)N1CCCN(c2nc(Cc3ccccc3)ns2)CC1. The van der Waals surface area contributed by atoms with Crippen molar-refractivity contribution in [3.05, 3.63) is 41.7 Å². The Morgan fingerprint density at radius 1 is 1.00 bits per heavy atom. The van der Waals surface area contributed by atoms with Crippen molar-refractivity contribution >= 4 is 22.6 Å². The molecular weight excluding hydrogens is 380 g/mol. The Bertz CT molecular complexity index is 733. The third-order valence-corrected chi connectivity index (χ3v) is 6.34. The third-order valence-electron chi connectivity index (χ3n) is 5.53. The molecule has 5 nitrogen and oxygen atoms in total. The van der Waals surface area contributed by atoms with Crippen molar-refractivity contribution in [2.24, 2.45) is 0 Å². The molecule has 0 spiro atoms. The van der Waals surface area contributed by atoms with Crippen molar-refractivity contribution in [3.63, 3.8) is 0 Å². The van der Waals surface area contributed by atoms with Crippen LogP contribution in [-0.4, -0.2) is 46.3 Å². The summed E-state index contributed by atoms with van der Waals surface area (Å²) < 4.78 is 4.55. The van der Waals surface area contributed by atoms with Crippen LogP contribution in [0.4, 0.5) is 5.13 Å². The van der Waals surface area contributed by atoms with Gasteiger partial charge >= 0.3 is 0 Å². The highest BCUT2D eigenvalue weighted by atomic mass is 32.1. The first kappa shape index (κ1) is 21.8. The average molecular weight is 415 g/mol. The molecule has 1 aromatic heterocycles. The van der Waals surface area contributed by atoms with Gasteiger partial charge in [0.2, 0.25) is 11.0 Å². The Hall–Kier alpha value is -1.95. The number of anilines is 1. The highest BCUT2D eigenvalue weighted by molar-refractivity contribution is 7.09. The number of hydrogen-bond donors (Lipinski definition) is 0. The van der Waals surface area contributed by atoms with E-state index in [4.69, 9.17) is 4.98 Å². The molecule has 0 bridgehead atoms. The molecule has 2 heterocycles. The molecule has 0 N–H and O–H groups in total. The Morgan fingerprint density at radius 2 is 1.79 bits per heavy atom. The van der Waals surface area contributed by atoms with E-state index >= 15 is 0 Å². The predicted molar refractivity (Wildman–Crippen MR) is 121 cm³/mol. The molecule has 1 amide bonds. The summed E-state index contributed by atoms with van der Waals surface area (Å²) >= 11 is 1.48. The van der Waals surface area contributed by atoms with Gasteiger partial charge in [0.15, 0.2) is 0 Å². The summed E-state index contributed by atoms with van der Waals surface area (Å²) in [4.78, 5) is 21.7. The van der Waals surface area contributed by atoms with Crippen molar-refractivity contribution in [3.8, 4) is 0 Å². The van der Waals surface area contributed by atoms with E-state index in [1.807, 2.05) is 18.2 Å². The van der Waals surface area contributed by atoms with Crippen LogP contribution in [0.3, 0.4) is 0 Å². The monoisotopic (exact) mass is 414 g/mol. The molecule has 29 heavy (non-hydrogen) atoms. The van der Waals surface area contributed by atoms with Gasteiger partial charge in [-0.2, -0.15) is 4.37 Å². The minimum atomic E-state index is 0.323. The molecule has 158 valence electrons. The Kier molecular flexibility index (Phi) is 8.93. The number of rotatable bonds is 10. The van der Waals surface area contributed by atoms with E-state index in [0.29, 0.717) is 12.3 Å². The van der Waals surface area contributed by atoms with Crippen LogP contribution in [-0.2, 0) is 11.2 Å². The van der Waals surface area contributed by atoms with Gasteiger partial charge in [-0.15, -0.1) is 0 Å². The van der Waals surface area contributed by atoms with Gasteiger partial charge in [0.25, 0.3) is 0 Å². The fourth-order valence-corrected chi connectivity index (χ4v) is 4.53. The molecule has 1 aromatic carbocycles. The lowest BCUT2D eigenvalue weighted by Crippen LogP contribution is -2.35. The van der Waals surface area contributed by atoms with Crippen LogP contribution in [0.2, 0.25) is 0 Å². The van der Waals surface area contributed by atoms with E-state index in [1.165, 1.54) is 49.2 Å². The number of amides is 1. The van der Waals surface area contributed by atoms with E-state index in [9.17, 15) is 4.79 Å². The summed E-state index contributed by atoms with van der Waals surface area (Å²) in [6, 6.07) is 10.3. The second-order valence-electron chi connectivity index (χ2n) is 7.89. The number of benzene rings is 1. The zero-order valence-electron chi connectivity index (χ0n) is 17.7. The van der Waals surface area contributed by atoms with E-state index < -0.39 is 0 Å². The van der Waals surface area contributed by atoms with Crippen molar-refractivity contribution in [2.75, 3.05) is 31.1 Å². The quantitative estimate of drug-likeness (QED) is 0.518. The molecule has 1 aliphatic heterocycles. The van der Waals surface area contributed by atoms with Gasteiger partial charge in [-0.25, -0.2) is 4.98 Å². The molecule has 0 unspecified atom stereocenters. The average Bonchev–Trinajstić information content (AvgIpc) is 3.06. The van der Waals surface area contributed by atoms with Gasteiger partial charge in [0, 0.05) is 50.6 Å². The molecule has 0 saturated carbocycles. The van der Waals surface area contributed by atoms with Crippen LogP contribution in [0.15, 0.2) is 30.3 Å². The maximum absolute atomic E-state index is 12.6. The molecule has 1 aliphatic rings. The molecule has 3 rings (SSSR count). The van der Waals surface area contributed by atoms with E-state index in [-0.39, 0.29) is 0 Å². The lowest BCUT2D eigenvalue weighted by atomic mass is 10.1. The van der Waals surface area contributed by atoms with Crippen LogP contribution in [0.25, 0.3) is 0 Å². The summed E-state index contributed by atoms with van der Waals surface area (Å²) in [5, 5.41) is 0.987. The van der Waals surface area contributed by atoms with Gasteiger partial charge in [0.05, 0.1) is 0 Å². The van der Waals surface area contributed by atoms with Gasteiger partial charge in [-0.05, 0) is 18.4 Å². The molecule has 0 radical (unpaired) electrons. The number of unbranched alkanes of at least 4 members (excludes halogenated alkanes) is 5. The molecule has 0 aliphatic carbocycles. The summed E-state index contributed by atoms with van der Waals surface area (Å²) in [5.74, 6) is 1.21. The third kappa shape index (κ3) is 7.11. The zero-order valence-corrected chi connectivity index (χ0v) is 18.5. The highest BCUT2D eigenvalue weighted by Crippen LogP contribution is 2.21. The first-order valence-electron chi connectivity index (χ1n) is 11.2. The normalized spacial score (nSPS) is 14.8. The second kappa shape index (κ2) is 11.9. The van der Waals surface area contributed by atoms with Crippen LogP contribution in [0.1, 0.15) is 69.7 Å². The zero-order chi connectivity index (χ0) is 20.3. The van der Waals surface area contributed by atoms with Gasteiger partial charge in [0.1, 0.15) is 5.82 Å². The minimum Gasteiger partial charge on any atom is -0.345 e. The summed E-state index contributed by atoms with van der Waals surface area (Å²) in [6.45, 7) is 5.68. The lowest BCUT2D eigenvalue weighted by Gasteiger charge is -2.21. The fourth-order valence-electron chi connectivity index (χ4n) is 3.80. The van der Waals surface area contributed by atoms with Gasteiger partial charge in [-0.3, -0.25) is 4.79 Å². The molecule has 1 saturated heterocycles. The first-order chi connectivity index (χ1) is 14.3. The molecule has 1 fully saturated rings. The van der Waals surface area contributed by atoms with Crippen molar-refractivity contribution < 1.29 is 4.79 Å². The smallest absolute Gasteiger partial charge is 0.222 e. The van der Waals surface area contributed by atoms with E-state index in [1.54, 1.807) is 0 Å². The Labute approximate surface area is 179 Å². The maximum Gasteiger partial charge on any atom is 0.222 e. The first-order valence-corrected chi connectivity index (χ1v) is 11.9. The van der Waals surface area contributed by atoms with Crippen molar-refractivity contribution in [1.29, 1.82) is 0 Å². The second-order valence-corrected chi connectivity index (χ2v) is 8.63. The standard InChI is InChI=1S/C23H34N4OS/c1-2-3-4-5-6-10-14-22(28)26-15-11-16-27(18-17-26)23-24-21(25-29-23)19-20-12-8-7-9-13-20/h7-9,12-13H,2-6,10-11,14-19H2,1H3. The fraction of sp³-hybridized carbons (Fsp3) is 0.609. The number of carbonyl (C=O) groups excluding carboxylic acids is 1. The molecule has 0 atom stereocenters. The Balaban J connectivity index is 1.43. The Morgan fingerprint density at radius 3 is 2.62 bits per heavy atom. The predicted octanol–water partition coefficient (Wildman–Crippen LogP) is 4.92. The topological polar surface area (TPSA) is 49.3 Å². The van der Waals surface area contributed by atoms with E-state index in [0.717, 1.165) is 56.4 Å². The van der Waals surface area contributed by atoms with Crippen LogP contribution < -0.4 is 4.90 Å². The minimum absolute atomic E-state index is 0.323. The van der Waals surface area contributed by atoms with Crippen LogP contribution in [0.5, 0.6) is 0 Å². The summed E-state index contributed by atoms with van der Waals surface area (Å²) in [7, 11) is 0. The molecular formula is C23H34N4OS.